The van der Waals surface area contributed by atoms with Gasteiger partial charge in [-0.3, -0.25) is 13.6 Å². The topological polar surface area (TPSA) is 126 Å². The minimum atomic E-state index is -4.06. The Morgan fingerprint density at radius 1 is 1.68 bits per heavy atom. The van der Waals surface area contributed by atoms with Gasteiger partial charge in [0.2, 0.25) is 0 Å². The monoisotopic (exact) mass is 291 g/mol. The molecule has 1 aliphatic rings. The molecule has 0 amide bonds. The van der Waals surface area contributed by atoms with Crippen LogP contribution in [0.15, 0.2) is 17.1 Å². The Labute approximate surface area is 108 Å². The van der Waals surface area contributed by atoms with Crippen molar-refractivity contribution in [2.75, 3.05) is 19.5 Å². The predicted molar refractivity (Wildman–Crippen MR) is 64.2 cm³/mol. The molecule has 0 spiro atoms. The molecule has 0 aromatic carbocycles. The molecule has 2 rings (SSSR count). The van der Waals surface area contributed by atoms with Crippen molar-refractivity contribution in [2.45, 2.75) is 18.8 Å². The van der Waals surface area contributed by atoms with Crippen molar-refractivity contribution < 1.29 is 23.2 Å². The maximum absolute atomic E-state index is 11.6. The summed E-state index contributed by atoms with van der Waals surface area (Å²) in [5, 5.41) is 0. The summed E-state index contributed by atoms with van der Waals surface area (Å²) in [7, 11) is -2.99. The smallest absolute Gasteiger partial charge is 0.383 e. The lowest BCUT2D eigenvalue weighted by atomic mass is 10.3. The van der Waals surface area contributed by atoms with Gasteiger partial charge in [0, 0.05) is 19.7 Å². The van der Waals surface area contributed by atoms with Gasteiger partial charge in [-0.15, -0.1) is 0 Å². The highest BCUT2D eigenvalue weighted by Crippen LogP contribution is 2.45. The molecular formula is C9H14N3O6P. The Bertz CT molecular complexity index is 561. The van der Waals surface area contributed by atoms with E-state index in [1.165, 1.54) is 16.8 Å². The molecule has 0 aliphatic carbocycles. The molecule has 0 saturated carbocycles. The second kappa shape index (κ2) is 5.40. The molecule has 9 nitrogen and oxygen atoms in total. The lowest BCUT2D eigenvalue weighted by Gasteiger charge is -2.14. The van der Waals surface area contributed by atoms with Crippen LogP contribution >= 0.6 is 7.82 Å². The van der Waals surface area contributed by atoms with Crippen LogP contribution < -0.4 is 11.4 Å². The Kier molecular flexibility index (Phi) is 4.02. The molecule has 0 bridgehead atoms. The van der Waals surface area contributed by atoms with Crippen LogP contribution in [0.1, 0.15) is 12.6 Å². The average Bonchev–Trinajstić information content (AvgIpc) is 2.76. The van der Waals surface area contributed by atoms with E-state index in [2.05, 4.69) is 9.51 Å². The summed E-state index contributed by atoms with van der Waals surface area (Å²) in [5.74, 6) is 0.117. The van der Waals surface area contributed by atoms with Gasteiger partial charge in [0.25, 0.3) is 0 Å². The van der Waals surface area contributed by atoms with E-state index in [1.54, 1.807) is 0 Å². The SMILES string of the molecule is COP(=O)(O)O[C@@H]1CO[C@@H](n2ccc(N)nc2=O)C1. The van der Waals surface area contributed by atoms with Crippen molar-refractivity contribution in [1.29, 1.82) is 0 Å². The maximum atomic E-state index is 11.6. The van der Waals surface area contributed by atoms with E-state index in [1.807, 2.05) is 0 Å². The van der Waals surface area contributed by atoms with Crippen molar-refractivity contribution in [1.82, 2.24) is 9.55 Å². The van der Waals surface area contributed by atoms with Crippen LogP contribution in [0.5, 0.6) is 0 Å². The van der Waals surface area contributed by atoms with Crippen molar-refractivity contribution in [2.24, 2.45) is 0 Å². The van der Waals surface area contributed by atoms with Gasteiger partial charge in [0.05, 0.1) is 12.7 Å². The minimum absolute atomic E-state index is 0.0788. The highest BCUT2D eigenvalue weighted by atomic mass is 31.2. The number of hydrogen-bond donors (Lipinski definition) is 2. The Morgan fingerprint density at radius 2 is 2.42 bits per heavy atom. The van der Waals surface area contributed by atoms with Crippen molar-refractivity contribution >= 4 is 13.6 Å². The molecule has 1 saturated heterocycles. The molecule has 1 aromatic heterocycles. The van der Waals surface area contributed by atoms with Crippen LogP contribution in [0.25, 0.3) is 0 Å². The summed E-state index contributed by atoms with van der Waals surface area (Å²) in [6.07, 6.45) is 0.444. The molecule has 1 aliphatic heterocycles. The lowest BCUT2D eigenvalue weighted by molar-refractivity contribution is 0.0431. The van der Waals surface area contributed by atoms with Gasteiger partial charge in [-0.05, 0) is 6.07 Å². The van der Waals surface area contributed by atoms with E-state index in [0.29, 0.717) is 0 Å². The zero-order valence-corrected chi connectivity index (χ0v) is 11.0. The number of hydrogen-bond acceptors (Lipinski definition) is 7. The first-order chi connectivity index (χ1) is 8.91. The van der Waals surface area contributed by atoms with Crippen LogP contribution in [0.3, 0.4) is 0 Å². The van der Waals surface area contributed by atoms with Crippen LogP contribution in [-0.2, 0) is 18.3 Å². The number of phosphoric ester groups is 1. The van der Waals surface area contributed by atoms with Crippen LogP contribution in [0.4, 0.5) is 5.82 Å². The summed E-state index contributed by atoms with van der Waals surface area (Å²) in [6.45, 7) is 0.0788. The highest BCUT2D eigenvalue weighted by Gasteiger charge is 2.34. The van der Waals surface area contributed by atoms with Crippen molar-refractivity contribution in [3.05, 3.63) is 22.7 Å². The van der Waals surface area contributed by atoms with Gasteiger partial charge in [-0.2, -0.15) is 4.98 Å². The van der Waals surface area contributed by atoms with Gasteiger partial charge in [-0.1, -0.05) is 0 Å². The molecule has 10 heteroatoms. The van der Waals surface area contributed by atoms with E-state index in [0.717, 1.165) is 7.11 Å². The summed E-state index contributed by atoms with van der Waals surface area (Å²) in [4.78, 5) is 24.4. The number of rotatable bonds is 4. The second-order valence-corrected chi connectivity index (χ2v) is 5.46. The fourth-order valence-corrected chi connectivity index (χ4v) is 2.33. The van der Waals surface area contributed by atoms with Gasteiger partial charge in [-0.25, -0.2) is 9.36 Å². The number of anilines is 1. The van der Waals surface area contributed by atoms with E-state index in [-0.39, 0.29) is 18.8 Å². The quantitative estimate of drug-likeness (QED) is 0.735. The number of phosphoric acid groups is 1. The van der Waals surface area contributed by atoms with Crippen molar-refractivity contribution in [3.8, 4) is 0 Å². The molecule has 1 fully saturated rings. The van der Waals surface area contributed by atoms with Crippen LogP contribution in [0.2, 0.25) is 0 Å². The van der Waals surface area contributed by atoms with Crippen LogP contribution in [0, 0.1) is 0 Å². The predicted octanol–water partition coefficient (Wildman–Crippen LogP) is -0.124. The fourth-order valence-electron chi connectivity index (χ4n) is 1.72. The number of nitrogens with two attached hydrogens (primary N) is 1. The standard InChI is InChI=1S/C9H14N3O6P/c1-16-19(14,15)18-6-4-8(17-5-6)12-3-2-7(10)11-9(12)13/h2-3,6,8H,4-5H2,1H3,(H,14,15)(H2,10,11,13)/t6-,8+/m0/s1. The molecule has 1 aromatic rings. The molecular weight excluding hydrogens is 277 g/mol. The van der Waals surface area contributed by atoms with E-state index < -0.39 is 25.8 Å². The van der Waals surface area contributed by atoms with Gasteiger partial charge in [0.1, 0.15) is 12.0 Å². The van der Waals surface area contributed by atoms with E-state index in [9.17, 15) is 14.3 Å². The number of ether oxygens (including phenoxy) is 1. The molecule has 19 heavy (non-hydrogen) atoms. The third kappa shape index (κ3) is 3.40. The third-order valence-corrected chi connectivity index (χ3v) is 3.64. The van der Waals surface area contributed by atoms with E-state index in [4.69, 9.17) is 15.0 Å². The fraction of sp³-hybridized carbons (Fsp3) is 0.556. The average molecular weight is 291 g/mol. The van der Waals surface area contributed by atoms with Crippen molar-refractivity contribution in [3.63, 3.8) is 0 Å². The number of aromatic nitrogens is 2. The molecule has 3 N–H and O–H groups in total. The minimum Gasteiger partial charge on any atom is -0.383 e. The Balaban J connectivity index is 2.06. The van der Waals surface area contributed by atoms with Gasteiger partial charge >= 0.3 is 13.5 Å². The van der Waals surface area contributed by atoms with Gasteiger partial charge < -0.3 is 15.4 Å². The third-order valence-electron chi connectivity index (χ3n) is 2.61. The normalized spacial score (nSPS) is 26.2. The molecule has 1 unspecified atom stereocenters. The molecule has 0 radical (unpaired) electrons. The number of nitrogens with zero attached hydrogens (tertiary/aromatic N) is 2. The molecule has 2 heterocycles. The van der Waals surface area contributed by atoms with E-state index >= 15 is 0 Å². The van der Waals surface area contributed by atoms with Crippen LogP contribution in [-0.4, -0.2) is 34.3 Å². The first-order valence-corrected chi connectivity index (χ1v) is 6.94. The summed E-state index contributed by atoms with van der Waals surface area (Å²) in [6, 6.07) is 1.46. The molecule has 106 valence electrons. The lowest BCUT2D eigenvalue weighted by Crippen LogP contribution is -2.27. The largest absolute Gasteiger partial charge is 0.472 e. The first kappa shape index (κ1) is 14.2. The maximum Gasteiger partial charge on any atom is 0.472 e. The Morgan fingerprint density at radius 3 is 3.05 bits per heavy atom. The second-order valence-electron chi connectivity index (χ2n) is 3.94. The molecule has 3 atom stereocenters. The first-order valence-electron chi connectivity index (χ1n) is 5.44. The summed E-state index contributed by atoms with van der Waals surface area (Å²) < 4.78 is 27.0. The summed E-state index contributed by atoms with van der Waals surface area (Å²) >= 11 is 0. The zero-order chi connectivity index (χ0) is 14.0. The van der Waals surface area contributed by atoms with Gasteiger partial charge in [0.15, 0.2) is 0 Å². The number of nitrogen functional groups attached to an aromatic ring is 1. The highest BCUT2D eigenvalue weighted by molar-refractivity contribution is 7.47. The summed E-state index contributed by atoms with van der Waals surface area (Å²) in [5.41, 5.74) is 4.83. The zero-order valence-electron chi connectivity index (χ0n) is 10.1. The Hall–Kier alpha value is -1.25.